The van der Waals surface area contributed by atoms with Crippen LogP contribution in [0.4, 0.5) is 4.39 Å². The smallest absolute Gasteiger partial charge is 0.854 e. The summed E-state index contributed by atoms with van der Waals surface area (Å²) in [6.07, 6.45) is 0.167. The van der Waals surface area contributed by atoms with E-state index in [1.54, 1.807) is 0 Å². The number of alkyl halides is 1. The van der Waals surface area contributed by atoms with E-state index in [-0.39, 0.29) is 64.4 Å². The maximum absolute atomic E-state index is 10.8. The van der Waals surface area contributed by atoms with Gasteiger partial charge in [-0.2, -0.15) is 0 Å². The molecule has 0 rings (SSSR count). The Morgan fingerprint density at radius 3 is 2.00 bits per heavy atom. The first-order valence-corrected chi connectivity index (χ1v) is 1.56. The molecule has 0 radical (unpaired) electrons. The van der Waals surface area contributed by atoms with Crippen LogP contribution < -0.4 is 56.5 Å². The first-order chi connectivity index (χ1) is 2.41. The summed E-state index contributed by atoms with van der Waals surface area (Å²) in [6, 6.07) is 0. The summed E-state index contributed by atoms with van der Waals surface area (Å²) in [7, 11) is 0. The van der Waals surface area contributed by atoms with Gasteiger partial charge in [-0.25, -0.2) is 0 Å². The second-order valence-electron chi connectivity index (χ2n) is 0.747. The van der Waals surface area contributed by atoms with Crippen LogP contribution in [0, 0.1) is 0 Å². The zero-order chi connectivity index (χ0) is 4.12. The Labute approximate surface area is 79.4 Å². The van der Waals surface area contributed by atoms with E-state index in [9.17, 15) is 9.50 Å². The second kappa shape index (κ2) is 9.73. The van der Waals surface area contributed by atoms with Crippen LogP contribution in [0.5, 0.6) is 0 Å². The summed E-state index contributed by atoms with van der Waals surface area (Å²) in [6.45, 7) is -0.750. The molecule has 0 fully saturated rings. The minimum atomic E-state index is -0.469. The van der Waals surface area contributed by atoms with Gasteiger partial charge in [0, 0.05) is 0 Å². The first kappa shape index (κ1) is 10.5. The topological polar surface area (TPSA) is 23.1 Å². The summed E-state index contributed by atoms with van der Waals surface area (Å²) < 4.78 is 10.8. The molecule has 0 atom stereocenters. The Morgan fingerprint density at radius 2 is 2.00 bits per heavy atom. The summed E-state index contributed by atoms with van der Waals surface area (Å²) >= 11 is 0. The second-order valence-corrected chi connectivity index (χ2v) is 0.747. The largest absolute Gasteiger partial charge is 1.00 e. The fourth-order valence-corrected chi connectivity index (χ4v) is 0.0546. The summed E-state index contributed by atoms with van der Waals surface area (Å²) in [5, 5.41) is 9.29. The maximum atomic E-state index is 10.8. The van der Waals surface area contributed by atoms with Crippen molar-refractivity contribution in [3.8, 4) is 0 Å². The summed E-state index contributed by atoms with van der Waals surface area (Å²) in [5.41, 5.74) is 0. The Bertz CT molecular complexity index is 18.3. The molecule has 1 nitrogen and oxygen atoms in total. The zero-order valence-electron chi connectivity index (χ0n) is 3.91. The molecule has 0 aromatic carbocycles. The number of halogens is 1. The monoisotopic (exact) mass is 116 g/mol. The van der Waals surface area contributed by atoms with Crippen molar-refractivity contribution in [3.63, 3.8) is 0 Å². The fourth-order valence-electron chi connectivity index (χ4n) is 0.0546. The molecule has 0 amide bonds. The van der Waals surface area contributed by atoms with Crippen molar-refractivity contribution in [2.24, 2.45) is 0 Å². The van der Waals surface area contributed by atoms with Gasteiger partial charge in [0.15, 0.2) is 0 Å². The average Bonchev–Trinajstić information content (AvgIpc) is 1.41. The van der Waals surface area contributed by atoms with Crippen LogP contribution in [-0.2, 0) is 0 Å². The van der Waals surface area contributed by atoms with E-state index in [1.165, 1.54) is 0 Å². The minimum absolute atomic E-state index is 0. The summed E-state index contributed by atoms with van der Waals surface area (Å²) in [4.78, 5) is 0. The van der Waals surface area contributed by atoms with Crippen molar-refractivity contribution in [2.75, 3.05) is 13.3 Å². The van der Waals surface area contributed by atoms with Crippen molar-refractivity contribution in [1.82, 2.24) is 0 Å². The van der Waals surface area contributed by atoms with E-state index >= 15 is 0 Å². The van der Waals surface area contributed by atoms with Gasteiger partial charge in [0.1, 0.15) is 0 Å². The Balaban J connectivity index is 0. The molecule has 0 spiro atoms. The zero-order valence-corrected chi connectivity index (χ0v) is 7.03. The van der Waals surface area contributed by atoms with Crippen LogP contribution in [0.2, 0.25) is 0 Å². The van der Waals surface area contributed by atoms with Gasteiger partial charge in [0.05, 0.1) is 6.67 Å². The van der Waals surface area contributed by atoms with Gasteiger partial charge in [-0.3, -0.25) is 4.39 Å². The quantitative estimate of drug-likeness (QED) is 0.347. The van der Waals surface area contributed by atoms with Crippen molar-refractivity contribution in [2.45, 2.75) is 6.42 Å². The van der Waals surface area contributed by atoms with Gasteiger partial charge < -0.3 is 5.11 Å². The Hall–Kier alpha value is 1.53. The Kier molecular flexibility index (Phi) is 17.0. The van der Waals surface area contributed by atoms with Crippen LogP contribution in [0.3, 0.4) is 0 Å². The van der Waals surface area contributed by atoms with Gasteiger partial charge in [-0.05, 0) is 6.42 Å². The third-order valence-corrected chi connectivity index (χ3v) is 0.278. The van der Waals surface area contributed by atoms with Gasteiger partial charge in [0.25, 0.3) is 0 Å². The van der Waals surface area contributed by atoms with Crippen LogP contribution in [-0.4, -0.2) is 13.3 Å². The number of rotatable bonds is 2. The predicted molar refractivity (Wildman–Crippen MR) is 15.5 cm³/mol. The van der Waals surface area contributed by atoms with E-state index in [2.05, 4.69) is 0 Å². The maximum Gasteiger partial charge on any atom is 1.00 e. The molecular formula is C3H6FKO. The third kappa shape index (κ3) is 9.11. The minimum Gasteiger partial charge on any atom is -0.854 e. The molecule has 0 unspecified atom stereocenters. The van der Waals surface area contributed by atoms with E-state index in [4.69, 9.17) is 0 Å². The number of hydrogen-bond donors (Lipinski definition) is 0. The third-order valence-electron chi connectivity index (χ3n) is 0.278. The molecule has 0 aliphatic carbocycles. The van der Waals surface area contributed by atoms with Crippen molar-refractivity contribution < 1.29 is 60.9 Å². The molecule has 32 valence electrons. The molecule has 0 saturated heterocycles. The van der Waals surface area contributed by atoms with Crippen LogP contribution in [0.15, 0.2) is 0 Å². The Morgan fingerprint density at radius 1 is 1.50 bits per heavy atom. The van der Waals surface area contributed by atoms with Crippen LogP contribution in [0.25, 0.3) is 0 Å². The van der Waals surface area contributed by atoms with E-state index in [0.717, 1.165) is 0 Å². The normalized spacial score (nSPS) is 7.00. The van der Waals surface area contributed by atoms with Gasteiger partial charge in [-0.15, -0.1) is 6.61 Å². The van der Waals surface area contributed by atoms with E-state index < -0.39 is 6.67 Å². The average molecular weight is 116 g/mol. The molecule has 0 saturated carbocycles. The fraction of sp³-hybridized carbons (Fsp3) is 1.00. The van der Waals surface area contributed by atoms with Gasteiger partial charge in [-0.1, -0.05) is 0 Å². The summed E-state index contributed by atoms with van der Waals surface area (Å²) in [5.74, 6) is 0. The van der Waals surface area contributed by atoms with Crippen molar-refractivity contribution in [3.05, 3.63) is 0 Å². The number of hydrogen-bond acceptors (Lipinski definition) is 1. The van der Waals surface area contributed by atoms with Crippen LogP contribution in [0.1, 0.15) is 6.42 Å². The molecule has 0 heterocycles. The molecule has 0 aliphatic heterocycles. The molecule has 0 aromatic rings. The molecule has 0 bridgehead atoms. The molecule has 3 heteroatoms. The van der Waals surface area contributed by atoms with Gasteiger partial charge >= 0.3 is 51.4 Å². The van der Waals surface area contributed by atoms with Crippen molar-refractivity contribution in [1.29, 1.82) is 0 Å². The molecule has 0 aromatic heterocycles. The molecule has 0 N–H and O–H groups in total. The van der Waals surface area contributed by atoms with Gasteiger partial charge in [0.2, 0.25) is 0 Å². The van der Waals surface area contributed by atoms with Crippen molar-refractivity contribution >= 4 is 0 Å². The van der Waals surface area contributed by atoms with E-state index in [0.29, 0.717) is 0 Å². The van der Waals surface area contributed by atoms with E-state index in [1.807, 2.05) is 0 Å². The molecule has 0 aliphatic rings. The predicted octanol–water partition coefficient (Wildman–Crippen LogP) is -3.29. The SMILES string of the molecule is [K+].[O-]CCCF. The first-order valence-electron chi connectivity index (χ1n) is 1.56. The van der Waals surface area contributed by atoms with Crippen LogP contribution >= 0.6 is 0 Å². The molecule has 6 heavy (non-hydrogen) atoms. The standard InChI is InChI=1S/C3H6FO.K/c4-2-1-3-5;/h1-3H2;/q-1;+1. The molecular weight excluding hydrogens is 110 g/mol.